The molecule has 18 heavy (non-hydrogen) atoms. The Kier molecular flexibility index (Phi) is 3.29. The third-order valence-corrected chi connectivity index (χ3v) is 4.22. The number of hydrogen-bond acceptors (Lipinski definition) is 4. The van der Waals surface area contributed by atoms with Gasteiger partial charge in [-0.2, -0.15) is 0 Å². The summed E-state index contributed by atoms with van der Waals surface area (Å²) in [6, 6.07) is 4.48. The Bertz CT molecular complexity index is 663. The van der Waals surface area contributed by atoms with Crippen LogP contribution in [0.3, 0.4) is 0 Å². The summed E-state index contributed by atoms with van der Waals surface area (Å²) in [7, 11) is -3.67. The van der Waals surface area contributed by atoms with Crippen molar-refractivity contribution in [1.82, 2.24) is 9.71 Å². The van der Waals surface area contributed by atoms with Gasteiger partial charge in [0.25, 0.3) is 0 Å². The lowest BCUT2D eigenvalue weighted by Crippen LogP contribution is -2.34. The molecule has 0 radical (unpaired) electrons. The molecule has 1 aromatic carbocycles. The molecule has 0 saturated carbocycles. The van der Waals surface area contributed by atoms with E-state index in [1.165, 1.54) is 6.20 Å². The van der Waals surface area contributed by atoms with E-state index in [0.29, 0.717) is 16.6 Å². The second-order valence-corrected chi connectivity index (χ2v) is 5.85. The SMILES string of the molecule is C[C@H](CO)NS(=O)(=O)c1c[nH]c2ccc(N)cc12. The van der Waals surface area contributed by atoms with Gasteiger partial charge in [0.1, 0.15) is 4.90 Å². The molecule has 0 saturated heterocycles. The average Bonchev–Trinajstić information content (AvgIpc) is 2.71. The molecule has 0 spiro atoms. The number of sulfonamides is 1. The number of H-pyrrole nitrogens is 1. The van der Waals surface area contributed by atoms with Crippen LogP contribution in [0.5, 0.6) is 0 Å². The van der Waals surface area contributed by atoms with Crippen molar-refractivity contribution in [3.63, 3.8) is 0 Å². The maximum atomic E-state index is 12.1. The Labute approximate surface area is 105 Å². The summed E-state index contributed by atoms with van der Waals surface area (Å²) in [4.78, 5) is 3.01. The van der Waals surface area contributed by atoms with Gasteiger partial charge < -0.3 is 15.8 Å². The molecule has 0 amide bonds. The van der Waals surface area contributed by atoms with Gasteiger partial charge in [-0.25, -0.2) is 13.1 Å². The summed E-state index contributed by atoms with van der Waals surface area (Å²) in [6.07, 6.45) is 1.41. The summed E-state index contributed by atoms with van der Waals surface area (Å²) in [5.41, 5.74) is 6.84. The van der Waals surface area contributed by atoms with Crippen LogP contribution < -0.4 is 10.5 Å². The minimum absolute atomic E-state index is 0.130. The molecule has 0 unspecified atom stereocenters. The number of nitrogens with two attached hydrogens (primary N) is 1. The predicted octanol–water partition coefficient (Wildman–Crippen LogP) is 0.409. The highest BCUT2D eigenvalue weighted by molar-refractivity contribution is 7.89. The first-order valence-electron chi connectivity index (χ1n) is 5.44. The van der Waals surface area contributed by atoms with Gasteiger partial charge in [-0.3, -0.25) is 0 Å². The van der Waals surface area contributed by atoms with Gasteiger partial charge in [-0.1, -0.05) is 0 Å². The number of aliphatic hydroxyl groups is 1. The maximum absolute atomic E-state index is 12.1. The van der Waals surface area contributed by atoms with E-state index in [2.05, 4.69) is 9.71 Å². The molecule has 0 aliphatic carbocycles. The van der Waals surface area contributed by atoms with Crippen LogP contribution in [0.1, 0.15) is 6.92 Å². The van der Waals surface area contributed by atoms with E-state index in [0.717, 1.165) is 0 Å². The van der Waals surface area contributed by atoms with Crippen LogP contribution >= 0.6 is 0 Å². The maximum Gasteiger partial charge on any atom is 0.243 e. The lowest BCUT2D eigenvalue weighted by atomic mass is 10.2. The largest absolute Gasteiger partial charge is 0.399 e. The predicted molar refractivity (Wildman–Crippen MR) is 69.6 cm³/mol. The van der Waals surface area contributed by atoms with Crippen molar-refractivity contribution in [2.24, 2.45) is 0 Å². The Balaban J connectivity index is 2.50. The van der Waals surface area contributed by atoms with Crippen molar-refractivity contribution in [3.05, 3.63) is 24.4 Å². The Morgan fingerprint density at radius 2 is 2.22 bits per heavy atom. The summed E-state index contributed by atoms with van der Waals surface area (Å²) in [6.45, 7) is 1.32. The van der Waals surface area contributed by atoms with Crippen molar-refractivity contribution >= 4 is 26.6 Å². The number of anilines is 1. The lowest BCUT2D eigenvalue weighted by molar-refractivity contribution is 0.265. The number of rotatable bonds is 4. The Morgan fingerprint density at radius 1 is 1.50 bits per heavy atom. The van der Waals surface area contributed by atoms with Crippen LogP contribution in [0.15, 0.2) is 29.3 Å². The highest BCUT2D eigenvalue weighted by Crippen LogP contribution is 2.24. The van der Waals surface area contributed by atoms with Gasteiger partial charge in [0.05, 0.1) is 6.61 Å². The van der Waals surface area contributed by atoms with Crippen LogP contribution in [0.4, 0.5) is 5.69 Å². The number of nitrogens with one attached hydrogen (secondary N) is 2. The second kappa shape index (κ2) is 4.60. The standard InChI is InChI=1S/C11H15N3O3S/c1-7(6-15)14-18(16,17)11-5-13-10-3-2-8(12)4-9(10)11/h2-5,7,13-15H,6,12H2,1H3/t7-/m1/s1. The first-order chi connectivity index (χ1) is 8.44. The van der Waals surface area contributed by atoms with Gasteiger partial charge in [0.15, 0.2) is 0 Å². The zero-order valence-electron chi connectivity index (χ0n) is 9.84. The molecule has 0 fully saturated rings. The van der Waals surface area contributed by atoms with E-state index >= 15 is 0 Å². The van der Waals surface area contributed by atoms with Gasteiger partial charge in [0.2, 0.25) is 10.0 Å². The molecule has 5 N–H and O–H groups in total. The fourth-order valence-corrected chi connectivity index (χ4v) is 3.10. The van der Waals surface area contributed by atoms with E-state index in [4.69, 9.17) is 10.8 Å². The third kappa shape index (κ3) is 2.33. The molecule has 6 nitrogen and oxygen atoms in total. The molecule has 7 heteroatoms. The Hall–Kier alpha value is -1.57. The van der Waals surface area contributed by atoms with Crippen LogP contribution in [0.2, 0.25) is 0 Å². The van der Waals surface area contributed by atoms with Crippen molar-refractivity contribution in [3.8, 4) is 0 Å². The van der Waals surface area contributed by atoms with Gasteiger partial charge in [-0.15, -0.1) is 0 Å². The van der Waals surface area contributed by atoms with Crippen LogP contribution in [-0.2, 0) is 10.0 Å². The number of aliphatic hydroxyl groups excluding tert-OH is 1. The molecular formula is C11H15N3O3S. The fourth-order valence-electron chi connectivity index (χ4n) is 1.70. The van der Waals surface area contributed by atoms with Gasteiger partial charge in [-0.05, 0) is 25.1 Å². The first kappa shape index (κ1) is 12.9. The van der Waals surface area contributed by atoms with Crippen LogP contribution in [-0.4, -0.2) is 31.2 Å². The molecule has 0 aliphatic rings. The molecular weight excluding hydrogens is 254 g/mol. The van der Waals surface area contributed by atoms with Crippen molar-refractivity contribution < 1.29 is 13.5 Å². The molecule has 0 bridgehead atoms. The van der Waals surface area contributed by atoms with Gasteiger partial charge in [0, 0.05) is 28.8 Å². The molecule has 0 aliphatic heterocycles. The summed E-state index contributed by atoms with van der Waals surface area (Å²) in [5.74, 6) is 0. The quantitative estimate of drug-likeness (QED) is 0.603. The third-order valence-electron chi connectivity index (χ3n) is 2.59. The smallest absolute Gasteiger partial charge is 0.243 e. The minimum Gasteiger partial charge on any atom is -0.399 e. The number of benzene rings is 1. The minimum atomic E-state index is -3.67. The number of fused-ring (bicyclic) bond motifs is 1. The first-order valence-corrected chi connectivity index (χ1v) is 6.92. The second-order valence-electron chi connectivity index (χ2n) is 4.16. The van der Waals surface area contributed by atoms with E-state index < -0.39 is 16.1 Å². The van der Waals surface area contributed by atoms with E-state index in [-0.39, 0.29) is 11.5 Å². The lowest BCUT2D eigenvalue weighted by Gasteiger charge is -2.10. The molecule has 1 heterocycles. The topological polar surface area (TPSA) is 108 Å². The zero-order valence-corrected chi connectivity index (χ0v) is 10.7. The number of nitrogen functional groups attached to an aromatic ring is 1. The van der Waals surface area contributed by atoms with Gasteiger partial charge >= 0.3 is 0 Å². The van der Waals surface area contributed by atoms with Crippen LogP contribution in [0, 0.1) is 0 Å². The zero-order chi connectivity index (χ0) is 13.3. The Morgan fingerprint density at radius 3 is 2.89 bits per heavy atom. The summed E-state index contributed by atoms with van der Waals surface area (Å²) >= 11 is 0. The highest BCUT2D eigenvalue weighted by Gasteiger charge is 2.20. The van der Waals surface area contributed by atoms with E-state index in [1.807, 2.05) is 0 Å². The molecule has 1 atom stereocenters. The number of aromatic amines is 1. The summed E-state index contributed by atoms with van der Waals surface area (Å²) in [5, 5.41) is 9.43. The highest BCUT2D eigenvalue weighted by atomic mass is 32.2. The van der Waals surface area contributed by atoms with Crippen molar-refractivity contribution in [2.45, 2.75) is 17.9 Å². The van der Waals surface area contributed by atoms with Crippen molar-refractivity contribution in [2.75, 3.05) is 12.3 Å². The summed E-state index contributed by atoms with van der Waals surface area (Å²) < 4.78 is 26.6. The van der Waals surface area contributed by atoms with Crippen LogP contribution in [0.25, 0.3) is 10.9 Å². The molecule has 1 aromatic heterocycles. The monoisotopic (exact) mass is 269 g/mol. The van der Waals surface area contributed by atoms with E-state index in [1.54, 1.807) is 25.1 Å². The average molecular weight is 269 g/mol. The number of hydrogen-bond donors (Lipinski definition) is 4. The molecule has 98 valence electrons. The molecule has 2 rings (SSSR count). The number of aromatic nitrogens is 1. The molecule has 2 aromatic rings. The van der Waals surface area contributed by atoms with Crippen molar-refractivity contribution in [1.29, 1.82) is 0 Å². The normalized spacial score (nSPS) is 13.9. The fraction of sp³-hybridized carbons (Fsp3) is 0.273. The van der Waals surface area contributed by atoms with E-state index in [9.17, 15) is 8.42 Å².